The molecule has 0 atom stereocenters. The normalized spacial score (nSPS) is 10.5. The summed E-state index contributed by atoms with van der Waals surface area (Å²) in [4.78, 5) is 13.7. The zero-order chi connectivity index (χ0) is 14.9. The van der Waals surface area contributed by atoms with Gasteiger partial charge < -0.3 is 10.2 Å². The highest BCUT2D eigenvalue weighted by molar-refractivity contribution is 6.35. The Morgan fingerprint density at radius 2 is 1.65 bits per heavy atom. The number of anilines is 3. The fraction of sp³-hybridized carbons (Fsp3) is 0.182. The van der Waals surface area contributed by atoms with E-state index in [1.807, 2.05) is 0 Å². The van der Waals surface area contributed by atoms with E-state index >= 15 is 0 Å². The lowest BCUT2D eigenvalue weighted by Gasteiger charge is -2.12. The fourth-order valence-corrected chi connectivity index (χ4v) is 2.00. The van der Waals surface area contributed by atoms with Gasteiger partial charge in [-0.3, -0.25) is 0 Å². The minimum absolute atomic E-state index is 0.0329. The molecule has 1 N–H and O–H groups in total. The van der Waals surface area contributed by atoms with Crippen LogP contribution in [0.4, 0.5) is 22.0 Å². The van der Waals surface area contributed by atoms with Gasteiger partial charge in [0.25, 0.3) is 0 Å². The van der Waals surface area contributed by atoms with Crippen molar-refractivity contribution in [3.63, 3.8) is 0 Å². The van der Waals surface area contributed by atoms with E-state index in [4.69, 9.17) is 34.8 Å². The quantitative estimate of drug-likeness (QED) is 0.865. The highest BCUT2D eigenvalue weighted by Crippen LogP contribution is 2.28. The molecular weight excluding hydrogens is 328 g/mol. The van der Waals surface area contributed by atoms with Crippen molar-refractivity contribution in [2.45, 2.75) is 0 Å². The summed E-state index contributed by atoms with van der Waals surface area (Å²) < 4.78 is 13.3. The van der Waals surface area contributed by atoms with Crippen molar-refractivity contribution in [1.82, 2.24) is 15.0 Å². The van der Waals surface area contributed by atoms with Crippen molar-refractivity contribution >= 4 is 52.4 Å². The van der Waals surface area contributed by atoms with Crippen molar-refractivity contribution < 1.29 is 4.39 Å². The van der Waals surface area contributed by atoms with Gasteiger partial charge in [-0.1, -0.05) is 23.2 Å². The van der Waals surface area contributed by atoms with Crippen LogP contribution in [0.2, 0.25) is 15.3 Å². The molecule has 0 saturated heterocycles. The number of aromatic nitrogens is 3. The van der Waals surface area contributed by atoms with Crippen LogP contribution in [0.1, 0.15) is 0 Å². The fourth-order valence-electron chi connectivity index (χ4n) is 1.35. The predicted molar refractivity (Wildman–Crippen MR) is 78.9 cm³/mol. The smallest absolute Gasteiger partial charge is 0.233 e. The molecule has 2 aromatic rings. The van der Waals surface area contributed by atoms with Crippen molar-refractivity contribution in [2.24, 2.45) is 0 Å². The third-order valence-electron chi connectivity index (χ3n) is 2.24. The first kappa shape index (κ1) is 15.0. The lowest BCUT2D eigenvalue weighted by atomic mass is 10.3. The number of rotatable bonds is 3. The molecular formula is C11H9Cl3FN5. The third-order valence-corrected chi connectivity index (χ3v) is 2.96. The van der Waals surface area contributed by atoms with Crippen molar-refractivity contribution in [1.29, 1.82) is 0 Å². The number of hydrogen-bond donors (Lipinski definition) is 1. The number of benzene rings is 1. The molecule has 0 spiro atoms. The van der Waals surface area contributed by atoms with Crippen molar-refractivity contribution in [3.05, 3.63) is 33.3 Å². The van der Waals surface area contributed by atoms with Gasteiger partial charge in [0.2, 0.25) is 17.2 Å². The van der Waals surface area contributed by atoms with Gasteiger partial charge in [0.15, 0.2) is 5.82 Å². The van der Waals surface area contributed by atoms with E-state index in [-0.39, 0.29) is 21.3 Å². The highest BCUT2D eigenvalue weighted by atomic mass is 35.5. The maximum atomic E-state index is 13.3. The summed E-state index contributed by atoms with van der Waals surface area (Å²) >= 11 is 17.2. The average molecular weight is 337 g/mol. The van der Waals surface area contributed by atoms with E-state index in [2.05, 4.69) is 20.3 Å². The number of halogens is 4. The minimum Gasteiger partial charge on any atom is -0.347 e. The van der Waals surface area contributed by atoms with Gasteiger partial charge in [-0.05, 0) is 23.7 Å². The summed E-state index contributed by atoms with van der Waals surface area (Å²) in [7, 11) is 3.53. The second-order valence-electron chi connectivity index (χ2n) is 4.00. The van der Waals surface area contributed by atoms with Crippen LogP contribution in [0.15, 0.2) is 12.1 Å². The van der Waals surface area contributed by atoms with Crippen LogP contribution in [0, 0.1) is 5.82 Å². The molecule has 0 aliphatic rings. The van der Waals surface area contributed by atoms with Gasteiger partial charge in [0, 0.05) is 19.8 Å². The van der Waals surface area contributed by atoms with Crippen LogP contribution in [0.3, 0.4) is 0 Å². The first-order valence-electron chi connectivity index (χ1n) is 5.37. The van der Waals surface area contributed by atoms with E-state index in [1.165, 1.54) is 12.1 Å². The maximum Gasteiger partial charge on any atom is 0.233 e. The second-order valence-corrected chi connectivity index (χ2v) is 5.15. The molecule has 2 rings (SSSR count). The van der Waals surface area contributed by atoms with E-state index in [9.17, 15) is 4.39 Å². The van der Waals surface area contributed by atoms with Gasteiger partial charge in [0.1, 0.15) is 0 Å². The highest BCUT2D eigenvalue weighted by Gasteiger charge is 2.10. The SMILES string of the molecule is CN(C)c1nc(Cl)nc(Nc2cc(Cl)c(F)c(Cl)c2)n1. The molecule has 1 heterocycles. The molecule has 1 aromatic heterocycles. The Labute approximate surface area is 129 Å². The number of nitrogens with zero attached hydrogens (tertiary/aromatic N) is 4. The topological polar surface area (TPSA) is 53.9 Å². The Morgan fingerprint density at radius 1 is 1.05 bits per heavy atom. The Balaban J connectivity index is 2.35. The monoisotopic (exact) mass is 335 g/mol. The molecule has 0 amide bonds. The van der Waals surface area contributed by atoms with Crippen LogP contribution < -0.4 is 10.2 Å². The van der Waals surface area contributed by atoms with Crippen molar-refractivity contribution in [2.75, 3.05) is 24.3 Å². The molecule has 0 bridgehead atoms. The minimum atomic E-state index is -0.679. The predicted octanol–water partition coefficient (Wildman–Crippen LogP) is 3.78. The third kappa shape index (κ3) is 3.39. The van der Waals surface area contributed by atoms with Crippen LogP contribution in [-0.2, 0) is 0 Å². The molecule has 0 saturated carbocycles. The molecule has 0 fully saturated rings. The summed E-state index contributed by atoms with van der Waals surface area (Å²) in [6.45, 7) is 0. The van der Waals surface area contributed by atoms with E-state index in [1.54, 1.807) is 19.0 Å². The van der Waals surface area contributed by atoms with E-state index in [0.29, 0.717) is 11.6 Å². The van der Waals surface area contributed by atoms with Crippen LogP contribution >= 0.6 is 34.8 Å². The summed E-state index contributed by atoms with van der Waals surface area (Å²) in [5.41, 5.74) is 0.438. The summed E-state index contributed by atoms with van der Waals surface area (Å²) in [6.07, 6.45) is 0. The van der Waals surface area contributed by atoms with Crippen LogP contribution in [0.25, 0.3) is 0 Å². The number of nitrogens with one attached hydrogen (secondary N) is 1. The molecule has 0 unspecified atom stereocenters. The summed E-state index contributed by atoms with van der Waals surface area (Å²) in [5.74, 6) is -0.0965. The Kier molecular flexibility index (Phi) is 4.47. The molecule has 1 aromatic carbocycles. The molecule has 9 heteroatoms. The van der Waals surface area contributed by atoms with Gasteiger partial charge in [-0.2, -0.15) is 15.0 Å². The first-order chi connectivity index (χ1) is 9.36. The average Bonchev–Trinajstić information content (AvgIpc) is 2.35. The Bertz CT molecular complexity index is 627. The largest absolute Gasteiger partial charge is 0.347 e. The standard InChI is InChI=1S/C11H9Cl3FN5/c1-20(2)11-18-9(14)17-10(19-11)16-5-3-6(12)8(15)7(13)4-5/h3-4H,1-2H3,(H,16,17,18,19). The van der Waals surface area contributed by atoms with Crippen LogP contribution in [-0.4, -0.2) is 29.0 Å². The molecule has 5 nitrogen and oxygen atoms in total. The van der Waals surface area contributed by atoms with E-state index < -0.39 is 5.82 Å². The van der Waals surface area contributed by atoms with E-state index in [0.717, 1.165) is 0 Å². The Hall–Kier alpha value is -1.37. The van der Waals surface area contributed by atoms with Gasteiger partial charge in [-0.15, -0.1) is 0 Å². The molecule has 20 heavy (non-hydrogen) atoms. The van der Waals surface area contributed by atoms with Crippen molar-refractivity contribution in [3.8, 4) is 0 Å². The van der Waals surface area contributed by atoms with Gasteiger partial charge >= 0.3 is 0 Å². The van der Waals surface area contributed by atoms with Crippen LogP contribution in [0.5, 0.6) is 0 Å². The molecule has 106 valence electrons. The Morgan fingerprint density at radius 3 is 2.20 bits per heavy atom. The molecule has 0 aliphatic carbocycles. The first-order valence-corrected chi connectivity index (χ1v) is 6.50. The summed E-state index contributed by atoms with van der Waals surface area (Å²) in [5, 5.41) is 2.67. The molecule has 0 radical (unpaired) electrons. The maximum absolute atomic E-state index is 13.3. The number of hydrogen-bond acceptors (Lipinski definition) is 5. The zero-order valence-electron chi connectivity index (χ0n) is 10.5. The second kappa shape index (κ2) is 5.95. The molecule has 0 aliphatic heterocycles. The lowest BCUT2D eigenvalue weighted by molar-refractivity contribution is 0.629. The lowest BCUT2D eigenvalue weighted by Crippen LogP contribution is -2.14. The zero-order valence-corrected chi connectivity index (χ0v) is 12.7. The van der Waals surface area contributed by atoms with Gasteiger partial charge in [-0.25, -0.2) is 4.39 Å². The van der Waals surface area contributed by atoms with Gasteiger partial charge in [0.05, 0.1) is 10.0 Å². The summed E-state index contributed by atoms with van der Waals surface area (Å²) in [6, 6.07) is 2.74.